The summed E-state index contributed by atoms with van der Waals surface area (Å²) >= 11 is 0. The van der Waals surface area contributed by atoms with Gasteiger partial charge in [0.15, 0.2) is 5.96 Å². The molecule has 0 radical (unpaired) electrons. The number of hydrogen-bond acceptors (Lipinski definition) is 2. The van der Waals surface area contributed by atoms with Gasteiger partial charge < -0.3 is 15.5 Å². The summed E-state index contributed by atoms with van der Waals surface area (Å²) in [6.07, 6.45) is 2.38. The van der Waals surface area contributed by atoms with E-state index in [-0.39, 0.29) is 0 Å². The Morgan fingerprint density at radius 1 is 1.12 bits per heavy atom. The van der Waals surface area contributed by atoms with Gasteiger partial charge >= 0.3 is 0 Å². The topological polar surface area (TPSA) is 39.7 Å². The number of rotatable bonds is 7. The molecule has 0 spiro atoms. The first-order valence-corrected chi connectivity index (χ1v) is 10.3. The van der Waals surface area contributed by atoms with Crippen molar-refractivity contribution in [2.24, 2.45) is 10.9 Å². The summed E-state index contributed by atoms with van der Waals surface area (Å²) in [4.78, 5) is 7.50. The van der Waals surface area contributed by atoms with Gasteiger partial charge in [-0.2, -0.15) is 0 Å². The fourth-order valence-electron chi connectivity index (χ4n) is 3.66. The van der Waals surface area contributed by atoms with Gasteiger partial charge in [0.2, 0.25) is 0 Å². The third kappa shape index (κ3) is 6.31. The lowest BCUT2D eigenvalue weighted by Crippen LogP contribution is -2.50. The standard InChI is InChI=1S/C22H38N4/c1-6-23-22(25-20-12-14-26(15-13-20)18(4)5)24-16-21(17(2)3)19-10-8-7-9-11-19/h7-11,17-18,20-21H,6,12-16H2,1-5H3,(H2,23,24,25). The van der Waals surface area contributed by atoms with Gasteiger partial charge in [-0.15, -0.1) is 0 Å². The minimum atomic E-state index is 0.453. The van der Waals surface area contributed by atoms with Crippen LogP contribution in [-0.4, -0.2) is 49.1 Å². The lowest BCUT2D eigenvalue weighted by atomic mass is 9.88. The summed E-state index contributed by atoms with van der Waals surface area (Å²) in [6, 6.07) is 12.0. The van der Waals surface area contributed by atoms with Gasteiger partial charge in [0, 0.05) is 44.2 Å². The highest BCUT2D eigenvalue weighted by Gasteiger charge is 2.22. The van der Waals surface area contributed by atoms with Gasteiger partial charge in [0.25, 0.3) is 0 Å². The summed E-state index contributed by atoms with van der Waals surface area (Å²) < 4.78 is 0. The molecule has 0 saturated carbocycles. The highest BCUT2D eigenvalue weighted by atomic mass is 15.2. The summed E-state index contributed by atoms with van der Waals surface area (Å²) in [5, 5.41) is 7.11. The molecule has 1 aromatic carbocycles. The number of piperidine rings is 1. The van der Waals surface area contributed by atoms with E-state index < -0.39 is 0 Å². The van der Waals surface area contributed by atoms with Crippen molar-refractivity contribution in [1.82, 2.24) is 15.5 Å². The van der Waals surface area contributed by atoms with Gasteiger partial charge in [-0.05, 0) is 45.1 Å². The molecule has 1 atom stereocenters. The molecule has 0 bridgehead atoms. The Morgan fingerprint density at radius 2 is 1.77 bits per heavy atom. The molecule has 1 heterocycles. The van der Waals surface area contributed by atoms with E-state index in [1.54, 1.807) is 0 Å². The molecule has 4 heteroatoms. The maximum Gasteiger partial charge on any atom is 0.191 e. The lowest BCUT2D eigenvalue weighted by Gasteiger charge is -2.35. The largest absolute Gasteiger partial charge is 0.357 e. The molecule has 0 amide bonds. The van der Waals surface area contributed by atoms with E-state index in [1.807, 2.05) is 0 Å². The molecule has 146 valence electrons. The smallest absolute Gasteiger partial charge is 0.191 e. The van der Waals surface area contributed by atoms with Gasteiger partial charge in [0.05, 0.1) is 0 Å². The van der Waals surface area contributed by atoms with Crippen molar-refractivity contribution in [3.8, 4) is 0 Å². The molecule has 1 aromatic rings. The quantitative estimate of drug-likeness (QED) is 0.574. The first-order chi connectivity index (χ1) is 12.5. The second kappa shape index (κ2) is 10.6. The van der Waals surface area contributed by atoms with Crippen molar-refractivity contribution < 1.29 is 0 Å². The molecule has 1 aliphatic heterocycles. The number of nitrogens with one attached hydrogen (secondary N) is 2. The van der Waals surface area contributed by atoms with E-state index in [0.717, 1.165) is 19.0 Å². The Balaban J connectivity index is 1.97. The Bertz CT molecular complexity index is 530. The van der Waals surface area contributed by atoms with Crippen LogP contribution in [0.3, 0.4) is 0 Å². The zero-order valence-corrected chi connectivity index (χ0v) is 17.3. The van der Waals surface area contributed by atoms with E-state index in [4.69, 9.17) is 4.99 Å². The Kier molecular flexibility index (Phi) is 8.43. The number of benzene rings is 1. The Morgan fingerprint density at radius 3 is 2.31 bits per heavy atom. The minimum Gasteiger partial charge on any atom is -0.357 e. The van der Waals surface area contributed by atoms with Crippen molar-refractivity contribution in [1.29, 1.82) is 0 Å². The number of likely N-dealkylation sites (tertiary alicyclic amines) is 1. The molecule has 2 N–H and O–H groups in total. The van der Waals surface area contributed by atoms with Crippen LogP contribution in [0.15, 0.2) is 35.3 Å². The van der Waals surface area contributed by atoms with Crippen molar-refractivity contribution in [3.05, 3.63) is 35.9 Å². The van der Waals surface area contributed by atoms with E-state index in [2.05, 4.69) is 80.5 Å². The summed E-state index contributed by atoms with van der Waals surface area (Å²) in [6.45, 7) is 15.3. The van der Waals surface area contributed by atoms with Crippen molar-refractivity contribution in [2.45, 2.75) is 65.5 Å². The fraction of sp³-hybridized carbons (Fsp3) is 0.682. The number of guanidine groups is 1. The van der Waals surface area contributed by atoms with Crippen LogP contribution in [0, 0.1) is 5.92 Å². The van der Waals surface area contributed by atoms with Gasteiger partial charge in [0.1, 0.15) is 0 Å². The third-order valence-electron chi connectivity index (χ3n) is 5.42. The van der Waals surface area contributed by atoms with E-state index in [9.17, 15) is 0 Å². The van der Waals surface area contributed by atoms with E-state index >= 15 is 0 Å². The van der Waals surface area contributed by atoms with Crippen LogP contribution in [-0.2, 0) is 0 Å². The van der Waals surface area contributed by atoms with Crippen molar-refractivity contribution >= 4 is 5.96 Å². The molecule has 26 heavy (non-hydrogen) atoms. The van der Waals surface area contributed by atoms with Crippen LogP contribution in [0.1, 0.15) is 58.9 Å². The SMILES string of the molecule is CCNC(=NCC(c1ccccc1)C(C)C)NC1CCN(C(C)C)CC1. The fourth-order valence-corrected chi connectivity index (χ4v) is 3.66. The minimum absolute atomic E-state index is 0.453. The van der Waals surface area contributed by atoms with Crippen LogP contribution in [0.25, 0.3) is 0 Å². The molecule has 1 unspecified atom stereocenters. The molecule has 2 rings (SSSR count). The van der Waals surface area contributed by atoms with E-state index in [1.165, 1.54) is 31.5 Å². The second-order valence-corrected chi connectivity index (χ2v) is 8.03. The number of nitrogens with zero attached hydrogens (tertiary/aromatic N) is 2. The molecule has 0 aromatic heterocycles. The molecular formula is C22H38N4. The first kappa shape index (κ1) is 20.8. The Hall–Kier alpha value is -1.55. The summed E-state index contributed by atoms with van der Waals surface area (Å²) in [5.74, 6) is 1.99. The predicted octanol–water partition coefficient (Wildman–Crippen LogP) is 3.85. The molecule has 1 fully saturated rings. The third-order valence-corrected chi connectivity index (χ3v) is 5.42. The maximum atomic E-state index is 4.94. The van der Waals surface area contributed by atoms with Crippen LogP contribution in [0.5, 0.6) is 0 Å². The predicted molar refractivity (Wildman–Crippen MR) is 113 cm³/mol. The lowest BCUT2D eigenvalue weighted by molar-refractivity contribution is 0.167. The van der Waals surface area contributed by atoms with Gasteiger partial charge in [-0.25, -0.2) is 0 Å². The zero-order chi connectivity index (χ0) is 18.9. The molecule has 0 aliphatic carbocycles. The molecule has 1 aliphatic rings. The maximum absolute atomic E-state index is 4.94. The average molecular weight is 359 g/mol. The van der Waals surface area contributed by atoms with Crippen molar-refractivity contribution in [3.63, 3.8) is 0 Å². The number of hydrogen-bond donors (Lipinski definition) is 2. The first-order valence-electron chi connectivity index (χ1n) is 10.3. The second-order valence-electron chi connectivity index (χ2n) is 8.03. The monoisotopic (exact) mass is 358 g/mol. The zero-order valence-electron chi connectivity index (χ0n) is 17.3. The van der Waals surface area contributed by atoms with Gasteiger partial charge in [-0.3, -0.25) is 4.99 Å². The highest BCUT2D eigenvalue weighted by Crippen LogP contribution is 2.24. The average Bonchev–Trinajstić information content (AvgIpc) is 2.63. The van der Waals surface area contributed by atoms with Crippen LogP contribution >= 0.6 is 0 Å². The van der Waals surface area contributed by atoms with Crippen LogP contribution < -0.4 is 10.6 Å². The van der Waals surface area contributed by atoms with E-state index in [0.29, 0.717) is 23.9 Å². The van der Waals surface area contributed by atoms with Crippen molar-refractivity contribution in [2.75, 3.05) is 26.2 Å². The highest BCUT2D eigenvalue weighted by molar-refractivity contribution is 5.80. The normalized spacial score (nSPS) is 18.3. The summed E-state index contributed by atoms with van der Waals surface area (Å²) in [7, 11) is 0. The summed E-state index contributed by atoms with van der Waals surface area (Å²) in [5.41, 5.74) is 1.38. The van der Waals surface area contributed by atoms with Gasteiger partial charge in [-0.1, -0.05) is 44.2 Å². The van der Waals surface area contributed by atoms with Crippen LogP contribution in [0.4, 0.5) is 0 Å². The Labute approximate surface area is 160 Å². The van der Waals surface area contributed by atoms with Crippen LogP contribution in [0.2, 0.25) is 0 Å². The molecular weight excluding hydrogens is 320 g/mol. The number of aliphatic imine (C=N–C) groups is 1. The molecule has 4 nitrogen and oxygen atoms in total. The molecule has 1 saturated heterocycles.